The molecule has 1 N–H and O–H groups in total. The van der Waals surface area contributed by atoms with Crippen molar-refractivity contribution in [1.29, 1.82) is 0 Å². The quantitative estimate of drug-likeness (QED) is 0.695. The van der Waals surface area contributed by atoms with Gasteiger partial charge < -0.3 is 5.11 Å². The van der Waals surface area contributed by atoms with Crippen LogP contribution in [0, 0.1) is 5.92 Å². The summed E-state index contributed by atoms with van der Waals surface area (Å²) >= 11 is 0. The molecule has 0 aliphatic rings. The number of carboxylic acids is 1. The lowest BCUT2D eigenvalue weighted by Gasteiger charge is -2.22. The van der Waals surface area contributed by atoms with Crippen LogP contribution in [0.25, 0.3) is 0 Å². The summed E-state index contributed by atoms with van der Waals surface area (Å²) < 4.78 is 0. The third-order valence-electron chi connectivity index (χ3n) is 3.12. The van der Waals surface area contributed by atoms with Gasteiger partial charge in [-0.15, -0.1) is 6.58 Å². The van der Waals surface area contributed by atoms with Crippen LogP contribution in [0.1, 0.15) is 18.9 Å². The fraction of sp³-hybridized carbons (Fsp3) is 0.438. The minimum atomic E-state index is -0.739. The van der Waals surface area contributed by atoms with E-state index < -0.39 is 5.97 Å². The third kappa shape index (κ3) is 6.20. The van der Waals surface area contributed by atoms with Crippen molar-refractivity contribution in [1.82, 2.24) is 4.90 Å². The van der Waals surface area contributed by atoms with Crippen LogP contribution in [0.5, 0.6) is 0 Å². The van der Waals surface area contributed by atoms with Crippen LogP contribution in [0.3, 0.4) is 0 Å². The van der Waals surface area contributed by atoms with E-state index in [4.69, 9.17) is 5.11 Å². The standard InChI is InChI=1S/C16H23NO2/c1-3-11-17(13-14(2)16(18)19)12-7-10-15-8-5-4-6-9-15/h3-6,8-9,14H,1,7,10-13H2,2H3,(H,18,19). The van der Waals surface area contributed by atoms with E-state index in [1.807, 2.05) is 24.3 Å². The highest BCUT2D eigenvalue weighted by Crippen LogP contribution is 2.06. The van der Waals surface area contributed by atoms with Crippen molar-refractivity contribution >= 4 is 5.97 Å². The number of rotatable bonds is 9. The van der Waals surface area contributed by atoms with E-state index in [1.165, 1.54) is 5.56 Å². The fourth-order valence-electron chi connectivity index (χ4n) is 2.06. The molecule has 0 bridgehead atoms. The van der Waals surface area contributed by atoms with Gasteiger partial charge in [-0.1, -0.05) is 43.3 Å². The number of benzene rings is 1. The number of aliphatic carboxylic acids is 1. The van der Waals surface area contributed by atoms with E-state index in [9.17, 15) is 4.79 Å². The lowest BCUT2D eigenvalue weighted by Crippen LogP contribution is -2.33. The summed E-state index contributed by atoms with van der Waals surface area (Å²) in [4.78, 5) is 13.0. The Labute approximate surface area is 115 Å². The Balaban J connectivity index is 2.37. The van der Waals surface area contributed by atoms with E-state index in [1.54, 1.807) is 6.92 Å². The highest BCUT2D eigenvalue weighted by molar-refractivity contribution is 5.69. The Bertz CT molecular complexity index is 389. The molecule has 0 aliphatic carbocycles. The molecule has 0 amide bonds. The second-order valence-electron chi connectivity index (χ2n) is 4.88. The van der Waals surface area contributed by atoms with Crippen molar-refractivity contribution in [3.63, 3.8) is 0 Å². The van der Waals surface area contributed by atoms with Crippen molar-refractivity contribution in [2.75, 3.05) is 19.6 Å². The zero-order chi connectivity index (χ0) is 14.1. The first-order chi connectivity index (χ1) is 9.13. The molecule has 3 nitrogen and oxygen atoms in total. The van der Waals surface area contributed by atoms with Gasteiger partial charge in [0, 0.05) is 13.1 Å². The van der Waals surface area contributed by atoms with Gasteiger partial charge in [0.1, 0.15) is 0 Å². The average molecular weight is 261 g/mol. The summed E-state index contributed by atoms with van der Waals surface area (Å²) in [7, 11) is 0. The first-order valence-corrected chi connectivity index (χ1v) is 6.73. The van der Waals surface area contributed by atoms with E-state index in [2.05, 4.69) is 23.6 Å². The van der Waals surface area contributed by atoms with Crippen molar-refractivity contribution in [2.45, 2.75) is 19.8 Å². The molecule has 0 heterocycles. The van der Waals surface area contributed by atoms with Gasteiger partial charge in [-0.3, -0.25) is 9.69 Å². The zero-order valence-electron chi connectivity index (χ0n) is 11.6. The van der Waals surface area contributed by atoms with E-state index in [0.29, 0.717) is 6.54 Å². The maximum atomic E-state index is 10.9. The summed E-state index contributed by atoms with van der Waals surface area (Å²) in [5.74, 6) is -1.08. The highest BCUT2D eigenvalue weighted by Gasteiger charge is 2.14. The molecule has 1 rings (SSSR count). The largest absolute Gasteiger partial charge is 0.481 e. The number of hydrogen-bond donors (Lipinski definition) is 1. The number of aryl methyl sites for hydroxylation is 1. The number of hydrogen-bond acceptors (Lipinski definition) is 2. The molecule has 1 atom stereocenters. The molecule has 19 heavy (non-hydrogen) atoms. The summed E-state index contributed by atoms with van der Waals surface area (Å²) in [6, 6.07) is 10.4. The number of carbonyl (C=O) groups is 1. The van der Waals surface area contributed by atoms with Gasteiger partial charge in [0.15, 0.2) is 0 Å². The van der Waals surface area contributed by atoms with Gasteiger partial charge in [-0.2, -0.15) is 0 Å². The molecule has 0 aliphatic heterocycles. The van der Waals surface area contributed by atoms with Crippen LogP contribution >= 0.6 is 0 Å². The molecule has 104 valence electrons. The minimum Gasteiger partial charge on any atom is -0.481 e. The van der Waals surface area contributed by atoms with E-state index >= 15 is 0 Å². The van der Waals surface area contributed by atoms with Crippen LogP contribution in [-0.2, 0) is 11.2 Å². The zero-order valence-corrected chi connectivity index (χ0v) is 11.6. The van der Waals surface area contributed by atoms with Crippen molar-refractivity contribution in [3.05, 3.63) is 48.6 Å². The third-order valence-corrected chi connectivity index (χ3v) is 3.12. The SMILES string of the molecule is C=CCN(CCCc1ccccc1)CC(C)C(=O)O. The molecule has 1 aromatic carbocycles. The Morgan fingerprint density at radius 3 is 2.68 bits per heavy atom. The van der Waals surface area contributed by atoms with Crippen molar-refractivity contribution in [3.8, 4) is 0 Å². The number of carboxylic acid groups (broad SMARTS) is 1. The predicted molar refractivity (Wildman–Crippen MR) is 78.2 cm³/mol. The molecule has 1 aromatic rings. The maximum absolute atomic E-state index is 10.9. The molecule has 0 radical (unpaired) electrons. The topological polar surface area (TPSA) is 40.5 Å². The molecule has 0 saturated carbocycles. The van der Waals surface area contributed by atoms with Crippen LogP contribution in [0.2, 0.25) is 0 Å². The monoisotopic (exact) mass is 261 g/mol. The maximum Gasteiger partial charge on any atom is 0.307 e. The van der Waals surface area contributed by atoms with Crippen LogP contribution in [0.15, 0.2) is 43.0 Å². The molecular formula is C16H23NO2. The molecule has 3 heteroatoms. The predicted octanol–water partition coefficient (Wildman–Crippen LogP) is 2.83. The highest BCUT2D eigenvalue weighted by atomic mass is 16.4. The van der Waals surface area contributed by atoms with Gasteiger partial charge in [-0.25, -0.2) is 0 Å². The summed E-state index contributed by atoms with van der Waals surface area (Å²) in [6.45, 7) is 7.70. The van der Waals surface area contributed by atoms with Gasteiger partial charge in [-0.05, 0) is 24.9 Å². The Morgan fingerprint density at radius 1 is 1.42 bits per heavy atom. The Kier molecular flexibility index (Phi) is 6.90. The second-order valence-corrected chi connectivity index (χ2v) is 4.88. The van der Waals surface area contributed by atoms with Crippen molar-refractivity contribution < 1.29 is 9.90 Å². The van der Waals surface area contributed by atoms with Gasteiger partial charge >= 0.3 is 5.97 Å². The van der Waals surface area contributed by atoms with Crippen LogP contribution in [-0.4, -0.2) is 35.6 Å². The summed E-state index contributed by atoms with van der Waals surface area (Å²) in [6.07, 6.45) is 3.89. The summed E-state index contributed by atoms with van der Waals surface area (Å²) in [5, 5.41) is 8.95. The van der Waals surface area contributed by atoms with Gasteiger partial charge in [0.05, 0.1) is 5.92 Å². The van der Waals surface area contributed by atoms with E-state index in [-0.39, 0.29) is 5.92 Å². The van der Waals surface area contributed by atoms with E-state index in [0.717, 1.165) is 25.9 Å². The molecule has 0 saturated heterocycles. The van der Waals surface area contributed by atoms with Gasteiger partial charge in [0.2, 0.25) is 0 Å². The lowest BCUT2D eigenvalue weighted by molar-refractivity contribution is -0.141. The average Bonchev–Trinajstić information content (AvgIpc) is 2.40. The molecule has 0 spiro atoms. The smallest absolute Gasteiger partial charge is 0.307 e. The van der Waals surface area contributed by atoms with Gasteiger partial charge in [0.25, 0.3) is 0 Å². The first-order valence-electron chi connectivity index (χ1n) is 6.73. The number of nitrogens with zero attached hydrogens (tertiary/aromatic N) is 1. The molecular weight excluding hydrogens is 238 g/mol. The van der Waals surface area contributed by atoms with Crippen LogP contribution in [0.4, 0.5) is 0 Å². The minimum absolute atomic E-state index is 0.336. The first kappa shape index (κ1) is 15.4. The second kappa shape index (κ2) is 8.48. The fourth-order valence-corrected chi connectivity index (χ4v) is 2.06. The summed E-state index contributed by atoms with van der Waals surface area (Å²) in [5.41, 5.74) is 1.33. The molecule has 1 unspecified atom stereocenters. The molecule has 0 aromatic heterocycles. The Hall–Kier alpha value is -1.61. The normalized spacial score (nSPS) is 12.3. The lowest BCUT2D eigenvalue weighted by atomic mass is 10.1. The van der Waals surface area contributed by atoms with Crippen LogP contribution < -0.4 is 0 Å². The van der Waals surface area contributed by atoms with Crippen molar-refractivity contribution in [2.24, 2.45) is 5.92 Å². The molecule has 0 fully saturated rings. The Morgan fingerprint density at radius 2 is 2.11 bits per heavy atom.